The Labute approximate surface area is 168 Å². The van der Waals surface area contributed by atoms with Crippen molar-refractivity contribution < 1.29 is 0 Å². The molecule has 0 aliphatic heterocycles. The van der Waals surface area contributed by atoms with E-state index in [1.807, 2.05) is 24.3 Å². The molecule has 0 amide bonds. The predicted octanol–water partition coefficient (Wildman–Crippen LogP) is 1.31. The Balaban J connectivity index is 1.35. The van der Waals surface area contributed by atoms with Gasteiger partial charge in [-0.25, -0.2) is 9.35 Å². The van der Waals surface area contributed by atoms with Gasteiger partial charge in [-0.15, -0.1) is 20.4 Å². The molecule has 0 aliphatic rings. The number of rotatable bonds is 7. The molecule has 4 rings (SSSR count). The van der Waals surface area contributed by atoms with Crippen molar-refractivity contribution in [3.63, 3.8) is 0 Å². The monoisotopic (exact) mass is 412 g/mol. The largest absolute Gasteiger partial charge is 0.335 e. The Morgan fingerprint density at radius 1 is 0.714 bits per heavy atom. The first kappa shape index (κ1) is 18.3. The van der Waals surface area contributed by atoms with Crippen molar-refractivity contribution in [3.05, 3.63) is 49.1 Å². The summed E-state index contributed by atoms with van der Waals surface area (Å²) >= 11 is 3.01. The summed E-state index contributed by atoms with van der Waals surface area (Å²) in [4.78, 5) is 8.15. The zero-order valence-electron chi connectivity index (χ0n) is 14.6. The van der Waals surface area contributed by atoms with Gasteiger partial charge in [0.2, 0.25) is 10.3 Å². The quantitative estimate of drug-likeness (QED) is 0.259. The normalized spacial score (nSPS) is 11.0. The lowest BCUT2D eigenvalue weighted by Gasteiger charge is -2.04. The van der Waals surface area contributed by atoms with Crippen molar-refractivity contribution in [2.24, 2.45) is 0 Å². The molecule has 10 nitrogen and oxygen atoms in total. The highest BCUT2D eigenvalue weighted by Crippen LogP contribution is 2.24. The molecule has 0 atom stereocenters. The molecule has 0 aromatic carbocycles. The van der Waals surface area contributed by atoms with Crippen LogP contribution in [0.4, 0.5) is 0 Å². The van der Waals surface area contributed by atoms with Crippen LogP contribution in [0.15, 0.2) is 59.4 Å². The second kappa shape index (κ2) is 8.27. The summed E-state index contributed by atoms with van der Waals surface area (Å²) in [5, 5.41) is 17.8. The fourth-order valence-corrected chi connectivity index (χ4v) is 4.08. The van der Waals surface area contributed by atoms with E-state index in [9.17, 15) is 0 Å². The Kier molecular flexibility index (Phi) is 5.39. The SMILES string of the molecule is Nn1c(SCCSc2nnc(-c3cccnc3)n2N)nnc1-c1cccnc1. The summed E-state index contributed by atoms with van der Waals surface area (Å²) in [6.07, 6.45) is 6.80. The molecule has 142 valence electrons. The van der Waals surface area contributed by atoms with Gasteiger partial charge in [-0.1, -0.05) is 23.5 Å². The number of thioether (sulfide) groups is 2. The van der Waals surface area contributed by atoms with E-state index >= 15 is 0 Å². The molecule has 4 heterocycles. The average Bonchev–Trinajstić information content (AvgIpc) is 3.29. The maximum absolute atomic E-state index is 6.10. The molecule has 0 bridgehead atoms. The van der Waals surface area contributed by atoms with Gasteiger partial charge in [-0.3, -0.25) is 9.97 Å². The molecule has 0 fully saturated rings. The zero-order chi connectivity index (χ0) is 19.3. The molecular formula is C16H16N10S2. The van der Waals surface area contributed by atoms with Crippen molar-refractivity contribution in [2.45, 2.75) is 10.3 Å². The van der Waals surface area contributed by atoms with Crippen LogP contribution in [0, 0.1) is 0 Å². The average molecular weight is 413 g/mol. The Bertz CT molecular complexity index is 962. The smallest absolute Gasteiger partial charge is 0.210 e. The minimum atomic E-state index is 0.575. The summed E-state index contributed by atoms with van der Waals surface area (Å²) in [7, 11) is 0. The van der Waals surface area contributed by atoms with E-state index in [-0.39, 0.29) is 0 Å². The van der Waals surface area contributed by atoms with E-state index < -0.39 is 0 Å². The van der Waals surface area contributed by atoms with Crippen LogP contribution in [-0.4, -0.2) is 51.2 Å². The number of hydrogen-bond donors (Lipinski definition) is 2. The topological polar surface area (TPSA) is 139 Å². The van der Waals surface area contributed by atoms with Gasteiger partial charge in [0, 0.05) is 47.4 Å². The van der Waals surface area contributed by atoms with Crippen molar-refractivity contribution in [1.82, 2.24) is 39.7 Å². The number of nitrogens with two attached hydrogens (primary N) is 2. The molecule has 0 spiro atoms. The molecule has 4 aromatic rings. The van der Waals surface area contributed by atoms with Crippen LogP contribution in [0.2, 0.25) is 0 Å². The third-order valence-corrected chi connectivity index (χ3v) is 5.86. The van der Waals surface area contributed by atoms with Crippen molar-refractivity contribution in [3.8, 4) is 22.8 Å². The maximum atomic E-state index is 6.10. The summed E-state index contributed by atoms with van der Waals surface area (Å²) < 4.78 is 2.94. The third-order valence-electron chi connectivity index (χ3n) is 3.71. The minimum Gasteiger partial charge on any atom is -0.335 e. The van der Waals surface area contributed by atoms with Gasteiger partial charge in [0.25, 0.3) is 0 Å². The second-order valence-corrected chi connectivity index (χ2v) is 7.66. The van der Waals surface area contributed by atoms with Crippen LogP contribution in [-0.2, 0) is 0 Å². The number of pyridine rings is 2. The molecule has 0 unspecified atom stereocenters. The second-order valence-electron chi connectivity index (χ2n) is 5.53. The van der Waals surface area contributed by atoms with Crippen LogP contribution in [0.25, 0.3) is 22.8 Å². The van der Waals surface area contributed by atoms with E-state index in [0.29, 0.717) is 22.0 Å². The van der Waals surface area contributed by atoms with Gasteiger partial charge in [0.15, 0.2) is 11.6 Å². The van der Waals surface area contributed by atoms with Crippen LogP contribution in [0.3, 0.4) is 0 Å². The lowest BCUT2D eigenvalue weighted by Crippen LogP contribution is -2.12. The van der Waals surface area contributed by atoms with Crippen LogP contribution < -0.4 is 11.7 Å². The number of hydrogen-bond acceptors (Lipinski definition) is 10. The van der Waals surface area contributed by atoms with Crippen LogP contribution >= 0.6 is 23.5 Å². The Morgan fingerprint density at radius 3 is 1.57 bits per heavy atom. The Hall–Kier alpha value is -3.12. The molecule has 0 radical (unpaired) electrons. The lowest BCUT2D eigenvalue weighted by molar-refractivity contribution is 0.847. The number of aromatic nitrogens is 8. The van der Waals surface area contributed by atoms with E-state index in [2.05, 4.69) is 30.4 Å². The summed E-state index contributed by atoms with van der Waals surface area (Å²) in [6.45, 7) is 0. The van der Waals surface area contributed by atoms with Gasteiger partial charge >= 0.3 is 0 Å². The van der Waals surface area contributed by atoms with Crippen LogP contribution in [0.5, 0.6) is 0 Å². The highest BCUT2D eigenvalue weighted by atomic mass is 32.2. The van der Waals surface area contributed by atoms with Gasteiger partial charge in [-0.2, -0.15) is 0 Å². The van der Waals surface area contributed by atoms with E-state index in [0.717, 1.165) is 22.6 Å². The van der Waals surface area contributed by atoms with Crippen molar-refractivity contribution in [1.29, 1.82) is 0 Å². The van der Waals surface area contributed by atoms with E-state index in [1.54, 1.807) is 24.8 Å². The molecule has 28 heavy (non-hydrogen) atoms. The fraction of sp³-hybridized carbons (Fsp3) is 0.125. The molecule has 4 N–H and O–H groups in total. The summed E-state index contributed by atoms with van der Waals surface area (Å²) in [5.74, 6) is 14.9. The zero-order valence-corrected chi connectivity index (χ0v) is 16.2. The molecule has 4 aromatic heterocycles. The van der Waals surface area contributed by atoms with Crippen LogP contribution in [0.1, 0.15) is 0 Å². The third kappa shape index (κ3) is 3.77. The fourth-order valence-electron chi connectivity index (χ4n) is 2.40. The predicted molar refractivity (Wildman–Crippen MR) is 108 cm³/mol. The molecule has 12 heteroatoms. The highest BCUT2D eigenvalue weighted by molar-refractivity contribution is 8.02. The van der Waals surface area contributed by atoms with Crippen molar-refractivity contribution >= 4 is 23.5 Å². The van der Waals surface area contributed by atoms with Gasteiger partial charge in [0.1, 0.15) is 0 Å². The van der Waals surface area contributed by atoms with Gasteiger partial charge in [-0.05, 0) is 24.3 Å². The van der Waals surface area contributed by atoms with E-state index in [4.69, 9.17) is 11.7 Å². The Morgan fingerprint density at radius 2 is 1.18 bits per heavy atom. The lowest BCUT2D eigenvalue weighted by atomic mass is 10.3. The maximum Gasteiger partial charge on any atom is 0.210 e. The minimum absolute atomic E-state index is 0.575. The first-order valence-corrected chi connectivity index (χ1v) is 10.2. The number of nitrogens with zero attached hydrogens (tertiary/aromatic N) is 8. The van der Waals surface area contributed by atoms with E-state index in [1.165, 1.54) is 32.9 Å². The standard InChI is InChI=1S/C16H16N10S2/c17-25-13(11-3-1-5-19-9-11)21-23-15(25)27-7-8-28-16-24-22-14(26(16)18)12-4-2-6-20-10-12/h1-6,9-10H,7-8,17-18H2. The summed E-state index contributed by atoms with van der Waals surface area (Å²) in [5.41, 5.74) is 1.63. The number of nitrogen functional groups attached to an aromatic ring is 2. The first-order chi connectivity index (χ1) is 13.7. The summed E-state index contributed by atoms with van der Waals surface area (Å²) in [6, 6.07) is 7.43. The molecular weight excluding hydrogens is 396 g/mol. The highest BCUT2D eigenvalue weighted by Gasteiger charge is 2.14. The van der Waals surface area contributed by atoms with Gasteiger partial charge < -0.3 is 11.7 Å². The molecule has 0 aliphatic carbocycles. The molecule has 0 saturated carbocycles. The van der Waals surface area contributed by atoms with Gasteiger partial charge in [0.05, 0.1) is 0 Å². The molecule has 0 saturated heterocycles. The first-order valence-electron chi connectivity index (χ1n) is 8.21. The van der Waals surface area contributed by atoms with Crippen molar-refractivity contribution in [2.75, 3.05) is 23.2 Å².